The van der Waals surface area contributed by atoms with Crippen molar-refractivity contribution in [2.24, 2.45) is 0 Å². The molecule has 8 nitrogen and oxygen atoms in total. The maximum Gasteiger partial charge on any atom is 0.350 e. The van der Waals surface area contributed by atoms with E-state index in [1.165, 1.54) is 11.0 Å². The molecule has 1 aromatic carbocycles. The Bertz CT molecular complexity index is 984. The molecule has 1 aliphatic rings. The van der Waals surface area contributed by atoms with Gasteiger partial charge in [0.25, 0.3) is 5.91 Å². The third-order valence-electron chi connectivity index (χ3n) is 4.19. The average molecular weight is 415 g/mol. The maximum absolute atomic E-state index is 12.6. The molecule has 0 saturated heterocycles. The Morgan fingerprint density at radius 1 is 1.41 bits per heavy atom. The summed E-state index contributed by atoms with van der Waals surface area (Å²) in [5.74, 6) is -0.711. The number of aromatic nitrogens is 1. The van der Waals surface area contributed by atoms with Gasteiger partial charge in [-0.2, -0.15) is 0 Å². The van der Waals surface area contributed by atoms with Crippen molar-refractivity contribution in [3.63, 3.8) is 0 Å². The van der Waals surface area contributed by atoms with E-state index >= 15 is 0 Å². The highest BCUT2D eigenvalue weighted by Crippen LogP contribution is 2.34. The van der Waals surface area contributed by atoms with E-state index in [9.17, 15) is 14.4 Å². The topological polar surface area (TPSA) is 97.8 Å². The smallest absolute Gasteiger partial charge is 0.350 e. The predicted molar refractivity (Wildman–Crippen MR) is 110 cm³/mol. The number of aryl methyl sites for hydroxylation is 2. The molecule has 0 spiro atoms. The van der Waals surface area contributed by atoms with Crippen molar-refractivity contribution < 1.29 is 23.9 Å². The summed E-state index contributed by atoms with van der Waals surface area (Å²) in [6.45, 7) is 8.58. The second kappa shape index (κ2) is 8.44. The molecule has 2 aromatic rings. The molecule has 29 heavy (non-hydrogen) atoms. The van der Waals surface area contributed by atoms with E-state index in [-0.39, 0.29) is 24.2 Å². The number of ether oxygens (including phenoxy) is 2. The van der Waals surface area contributed by atoms with Crippen LogP contribution in [0.1, 0.15) is 27.9 Å². The molecule has 3 rings (SSSR count). The normalized spacial score (nSPS) is 15.3. The van der Waals surface area contributed by atoms with Crippen LogP contribution in [0.3, 0.4) is 0 Å². The summed E-state index contributed by atoms with van der Waals surface area (Å²) in [4.78, 5) is 43.1. The van der Waals surface area contributed by atoms with E-state index < -0.39 is 18.0 Å². The van der Waals surface area contributed by atoms with Gasteiger partial charge < -0.3 is 14.8 Å². The molecule has 9 heteroatoms. The second-order valence-electron chi connectivity index (χ2n) is 6.52. The van der Waals surface area contributed by atoms with Gasteiger partial charge in [-0.1, -0.05) is 30.1 Å². The first kappa shape index (κ1) is 20.5. The van der Waals surface area contributed by atoms with Crippen molar-refractivity contribution in [1.82, 2.24) is 4.98 Å². The van der Waals surface area contributed by atoms with Crippen LogP contribution in [0, 0.1) is 13.8 Å². The van der Waals surface area contributed by atoms with Crippen molar-refractivity contribution >= 4 is 39.9 Å². The van der Waals surface area contributed by atoms with Gasteiger partial charge >= 0.3 is 5.97 Å². The lowest BCUT2D eigenvalue weighted by Gasteiger charge is -2.32. The molecule has 1 aromatic heterocycles. The molecule has 1 N–H and O–H groups in total. The number of esters is 1. The first-order valence-corrected chi connectivity index (χ1v) is 9.75. The molecule has 0 radical (unpaired) electrons. The SMILES string of the molecule is C=CCOC(=O)c1sc(NC(=O)CN2C(=O)C(C)Oc3ccc(C)cc32)nc1C. The molecule has 152 valence electrons. The summed E-state index contributed by atoms with van der Waals surface area (Å²) in [5, 5.41) is 2.91. The molecule has 0 bridgehead atoms. The molecule has 0 fully saturated rings. The minimum Gasteiger partial charge on any atom is -0.479 e. The summed E-state index contributed by atoms with van der Waals surface area (Å²) in [6, 6.07) is 5.46. The van der Waals surface area contributed by atoms with E-state index in [0.29, 0.717) is 22.0 Å². The summed E-state index contributed by atoms with van der Waals surface area (Å²) in [5.41, 5.74) is 1.95. The molecule has 0 aliphatic carbocycles. The number of rotatable bonds is 6. The predicted octanol–water partition coefficient (Wildman–Crippen LogP) is 2.86. The summed E-state index contributed by atoms with van der Waals surface area (Å²) in [6.07, 6.45) is 0.781. The van der Waals surface area contributed by atoms with Gasteiger partial charge in [-0.15, -0.1) is 0 Å². The maximum atomic E-state index is 12.6. The van der Waals surface area contributed by atoms with Crippen molar-refractivity contribution in [3.8, 4) is 5.75 Å². The van der Waals surface area contributed by atoms with Crippen LogP contribution in [0.4, 0.5) is 10.8 Å². The molecular weight excluding hydrogens is 394 g/mol. The number of hydrogen-bond donors (Lipinski definition) is 1. The van der Waals surface area contributed by atoms with Gasteiger partial charge in [0, 0.05) is 0 Å². The molecule has 1 atom stereocenters. The highest BCUT2D eigenvalue weighted by molar-refractivity contribution is 7.17. The van der Waals surface area contributed by atoms with Crippen LogP contribution in [0.15, 0.2) is 30.9 Å². The average Bonchev–Trinajstić information content (AvgIpc) is 3.04. The minimum absolute atomic E-state index is 0.0913. The van der Waals surface area contributed by atoms with E-state index in [1.54, 1.807) is 26.0 Å². The van der Waals surface area contributed by atoms with Crippen LogP contribution in [0.25, 0.3) is 0 Å². The number of fused-ring (bicyclic) bond motifs is 1. The van der Waals surface area contributed by atoms with Gasteiger partial charge in [-0.3, -0.25) is 14.5 Å². The Hall–Kier alpha value is -3.20. The van der Waals surface area contributed by atoms with Crippen molar-refractivity contribution in [2.45, 2.75) is 26.9 Å². The van der Waals surface area contributed by atoms with Gasteiger partial charge in [0.05, 0.1) is 11.4 Å². The molecule has 2 amide bonds. The fraction of sp³-hybridized carbons (Fsp3) is 0.300. The first-order chi connectivity index (χ1) is 13.8. The van der Waals surface area contributed by atoms with E-state index in [2.05, 4.69) is 16.9 Å². The summed E-state index contributed by atoms with van der Waals surface area (Å²) in [7, 11) is 0. The third-order valence-corrected chi connectivity index (χ3v) is 5.24. The zero-order valence-electron chi connectivity index (χ0n) is 16.4. The molecular formula is C20H21N3O5S. The highest BCUT2D eigenvalue weighted by Gasteiger charge is 2.33. The Morgan fingerprint density at radius 3 is 2.90 bits per heavy atom. The Morgan fingerprint density at radius 2 is 2.17 bits per heavy atom. The second-order valence-corrected chi connectivity index (χ2v) is 7.52. The number of carbonyl (C=O) groups excluding carboxylic acids is 3. The van der Waals surface area contributed by atoms with Crippen LogP contribution in [-0.2, 0) is 14.3 Å². The number of nitrogens with one attached hydrogen (secondary N) is 1. The summed E-state index contributed by atoms with van der Waals surface area (Å²) >= 11 is 1.02. The number of carbonyl (C=O) groups is 3. The van der Waals surface area contributed by atoms with E-state index in [1.807, 2.05) is 13.0 Å². The van der Waals surface area contributed by atoms with Crippen molar-refractivity contribution in [1.29, 1.82) is 0 Å². The van der Waals surface area contributed by atoms with Crippen LogP contribution < -0.4 is 15.0 Å². The largest absolute Gasteiger partial charge is 0.479 e. The fourth-order valence-corrected chi connectivity index (χ4v) is 3.70. The standard InChI is InChI=1S/C20H21N3O5S/c1-5-8-27-19(26)17-12(3)21-20(29-17)22-16(24)10-23-14-9-11(2)6-7-15(14)28-13(4)18(23)25/h5-7,9,13H,1,8,10H2,2-4H3,(H,21,22,24). The fourth-order valence-electron chi connectivity index (χ4n) is 2.82. The first-order valence-electron chi connectivity index (χ1n) is 8.94. The van der Waals surface area contributed by atoms with Gasteiger partial charge in [0.1, 0.15) is 23.8 Å². The summed E-state index contributed by atoms with van der Waals surface area (Å²) < 4.78 is 10.6. The number of anilines is 2. The highest BCUT2D eigenvalue weighted by atomic mass is 32.1. The van der Waals surface area contributed by atoms with E-state index in [4.69, 9.17) is 9.47 Å². The molecule has 1 aliphatic heterocycles. The van der Waals surface area contributed by atoms with Crippen LogP contribution in [0.5, 0.6) is 5.75 Å². The Balaban J connectivity index is 1.74. The van der Waals surface area contributed by atoms with Gasteiger partial charge in [0.2, 0.25) is 5.91 Å². The Kier molecular flexibility index (Phi) is 5.97. The van der Waals surface area contributed by atoms with Gasteiger partial charge in [-0.25, -0.2) is 9.78 Å². The quantitative estimate of drug-likeness (QED) is 0.576. The lowest BCUT2D eigenvalue weighted by Crippen LogP contribution is -2.47. The van der Waals surface area contributed by atoms with Crippen LogP contribution in [-0.4, -0.2) is 42.0 Å². The number of amides is 2. The monoisotopic (exact) mass is 415 g/mol. The van der Waals surface area contributed by atoms with Crippen molar-refractivity contribution in [3.05, 3.63) is 47.0 Å². The zero-order chi connectivity index (χ0) is 21.1. The third kappa shape index (κ3) is 4.45. The van der Waals surface area contributed by atoms with Gasteiger partial charge in [-0.05, 0) is 38.5 Å². The van der Waals surface area contributed by atoms with Crippen LogP contribution in [0.2, 0.25) is 0 Å². The zero-order valence-corrected chi connectivity index (χ0v) is 17.2. The van der Waals surface area contributed by atoms with Crippen LogP contribution >= 0.6 is 11.3 Å². The molecule has 0 saturated carbocycles. The number of nitrogens with zero attached hydrogens (tertiary/aromatic N) is 2. The lowest BCUT2D eigenvalue weighted by atomic mass is 10.1. The minimum atomic E-state index is -0.689. The van der Waals surface area contributed by atoms with E-state index in [0.717, 1.165) is 16.9 Å². The van der Waals surface area contributed by atoms with Gasteiger partial charge in [0.15, 0.2) is 11.2 Å². The molecule has 2 heterocycles. The van der Waals surface area contributed by atoms with Crippen molar-refractivity contribution in [2.75, 3.05) is 23.4 Å². The number of benzene rings is 1. The Labute approximate surface area is 172 Å². The number of thiazole rings is 1. The number of hydrogen-bond acceptors (Lipinski definition) is 7. The lowest BCUT2D eigenvalue weighted by molar-refractivity contribution is -0.127. The molecule has 1 unspecified atom stereocenters.